The zero-order valence-electron chi connectivity index (χ0n) is 11.8. The fourth-order valence-corrected chi connectivity index (χ4v) is 2.50. The van der Waals surface area contributed by atoms with E-state index in [1.54, 1.807) is 0 Å². The summed E-state index contributed by atoms with van der Waals surface area (Å²) in [4.78, 5) is 4.82. The molecule has 0 unspecified atom stereocenters. The van der Waals surface area contributed by atoms with E-state index in [1.807, 2.05) is 12.1 Å². The van der Waals surface area contributed by atoms with E-state index in [4.69, 9.17) is 4.98 Å². The summed E-state index contributed by atoms with van der Waals surface area (Å²) in [6, 6.07) is 23.0. The molecule has 98 valence electrons. The molecule has 0 fully saturated rings. The van der Waals surface area contributed by atoms with Crippen LogP contribution in [0.15, 0.2) is 66.7 Å². The molecule has 0 bridgehead atoms. The number of pyridine rings is 1. The predicted molar refractivity (Wildman–Crippen MR) is 84.6 cm³/mol. The second-order valence-corrected chi connectivity index (χ2v) is 5.02. The molecule has 0 saturated heterocycles. The van der Waals surface area contributed by atoms with Crippen molar-refractivity contribution in [3.63, 3.8) is 0 Å². The van der Waals surface area contributed by atoms with Crippen molar-refractivity contribution in [2.45, 2.75) is 13.8 Å². The SMILES string of the molecule is Cc1cc(-c2ccccc2)c(C)nc1-c1ccccc1. The first kappa shape index (κ1) is 12.6. The number of benzene rings is 2. The molecule has 1 nitrogen and oxygen atoms in total. The van der Waals surface area contributed by atoms with Gasteiger partial charge < -0.3 is 0 Å². The lowest BCUT2D eigenvalue weighted by molar-refractivity contribution is 1.18. The van der Waals surface area contributed by atoms with Gasteiger partial charge in [-0.15, -0.1) is 0 Å². The van der Waals surface area contributed by atoms with Gasteiger partial charge in [0, 0.05) is 16.8 Å². The van der Waals surface area contributed by atoms with Gasteiger partial charge in [0.25, 0.3) is 0 Å². The van der Waals surface area contributed by atoms with Gasteiger partial charge >= 0.3 is 0 Å². The first-order chi connectivity index (χ1) is 9.75. The van der Waals surface area contributed by atoms with Crippen molar-refractivity contribution in [3.8, 4) is 22.4 Å². The molecule has 0 aliphatic carbocycles. The summed E-state index contributed by atoms with van der Waals surface area (Å²) in [5.41, 5.74) is 6.96. The molecule has 0 atom stereocenters. The topological polar surface area (TPSA) is 12.9 Å². The fourth-order valence-electron chi connectivity index (χ4n) is 2.50. The van der Waals surface area contributed by atoms with Gasteiger partial charge in [0.15, 0.2) is 0 Å². The Morgan fingerprint density at radius 3 is 1.85 bits per heavy atom. The molecule has 1 aromatic heterocycles. The lowest BCUT2D eigenvalue weighted by Gasteiger charge is -2.11. The van der Waals surface area contributed by atoms with E-state index in [0.717, 1.165) is 11.4 Å². The molecule has 0 saturated carbocycles. The van der Waals surface area contributed by atoms with Crippen LogP contribution in [0.3, 0.4) is 0 Å². The van der Waals surface area contributed by atoms with E-state index >= 15 is 0 Å². The van der Waals surface area contributed by atoms with Crippen molar-refractivity contribution in [1.29, 1.82) is 0 Å². The third kappa shape index (κ3) is 2.35. The molecule has 0 aliphatic rings. The van der Waals surface area contributed by atoms with Crippen molar-refractivity contribution in [3.05, 3.63) is 78.0 Å². The summed E-state index contributed by atoms with van der Waals surface area (Å²) < 4.78 is 0. The minimum atomic E-state index is 1.07. The summed E-state index contributed by atoms with van der Waals surface area (Å²) in [6.07, 6.45) is 0. The number of rotatable bonds is 2. The van der Waals surface area contributed by atoms with E-state index in [0.29, 0.717) is 0 Å². The van der Waals surface area contributed by atoms with Crippen molar-refractivity contribution in [1.82, 2.24) is 4.98 Å². The maximum atomic E-state index is 4.82. The number of nitrogens with zero attached hydrogens (tertiary/aromatic N) is 1. The van der Waals surface area contributed by atoms with Crippen LogP contribution in [0.2, 0.25) is 0 Å². The van der Waals surface area contributed by atoms with Crippen LogP contribution in [0.5, 0.6) is 0 Å². The van der Waals surface area contributed by atoms with Gasteiger partial charge in [-0.25, -0.2) is 0 Å². The first-order valence-corrected chi connectivity index (χ1v) is 6.85. The average Bonchev–Trinajstić information content (AvgIpc) is 2.51. The van der Waals surface area contributed by atoms with E-state index < -0.39 is 0 Å². The highest BCUT2D eigenvalue weighted by Crippen LogP contribution is 2.28. The molecule has 0 aliphatic heterocycles. The molecule has 3 aromatic rings. The summed E-state index contributed by atoms with van der Waals surface area (Å²) in [5, 5.41) is 0. The quantitative estimate of drug-likeness (QED) is 0.628. The first-order valence-electron chi connectivity index (χ1n) is 6.85. The van der Waals surface area contributed by atoms with Gasteiger partial charge in [-0.1, -0.05) is 60.7 Å². The van der Waals surface area contributed by atoms with Crippen LogP contribution in [-0.4, -0.2) is 4.98 Å². The Balaban J connectivity index is 2.13. The molecule has 0 N–H and O–H groups in total. The molecular weight excluding hydrogens is 242 g/mol. The van der Waals surface area contributed by atoms with Crippen LogP contribution in [0.25, 0.3) is 22.4 Å². The Labute approximate surface area is 119 Å². The Hall–Kier alpha value is -2.41. The maximum absolute atomic E-state index is 4.82. The Morgan fingerprint density at radius 2 is 1.25 bits per heavy atom. The fraction of sp³-hybridized carbons (Fsp3) is 0.105. The molecule has 1 heteroatoms. The zero-order valence-corrected chi connectivity index (χ0v) is 11.8. The van der Waals surface area contributed by atoms with E-state index in [2.05, 4.69) is 68.4 Å². The summed E-state index contributed by atoms with van der Waals surface area (Å²) in [7, 11) is 0. The molecule has 0 amide bonds. The highest BCUT2D eigenvalue weighted by molar-refractivity contribution is 5.72. The van der Waals surface area contributed by atoms with Crippen molar-refractivity contribution < 1.29 is 0 Å². The standard InChI is InChI=1S/C19H17N/c1-14-13-18(16-9-5-3-6-10-16)15(2)20-19(14)17-11-7-4-8-12-17/h3-13H,1-2H3. The second kappa shape index (κ2) is 5.30. The molecular formula is C19H17N. The van der Waals surface area contributed by atoms with Crippen LogP contribution >= 0.6 is 0 Å². The third-order valence-electron chi connectivity index (χ3n) is 3.54. The van der Waals surface area contributed by atoms with Gasteiger partial charge in [0.05, 0.1) is 5.69 Å². The van der Waals surface area contributed by atoms with Gasteiger partial charge in [-0.05, 0) is 31.0 Å². The predicted octanol–water partition coefficient (Wildman–Crippen LogP) is 5.03. The smallest absolute Gasteiger partial charge is 0.0734 e. The highest BCUT2D eigenvalue weighted by atomic mass is 14.7. The van der Waals surface area contributed by atoms with Crippen LogP contribution in [-0.2, 0) is 0 Å². The maximum Gasteiger partial charge on any atom is 0.0734 e. The van der Waals surface area contributed by atoms with Gasteiger partial charge in [-0.3, -0.25) is 4.98 Å². The molecule has 3 rings (SSSR count). The lowest BCUT2D eigenvalue weighted by Crippen LogP contribution is -1.95. The van der Waals surface area contributed by atoms with E-state index in [-0.39, 0.29) is 0 Å². The molecule has 20 heavy (non-hydrogen) atoms. The number of hydrogen-bond donors (Lipinski definition) is 0. The number of aryl methyl sites for hydroxylation is 2. The van der Waals surface area contributed by atoms with Crippen LogP contribution < -0.4 is 0 Å². The van der Waals surface area contributed by atoms with Gasteiger partial charge in [-0.2, -0.15) is 0 Å². The summed E-state index contributed by atoms with van der Waals surface area (Å²) in [6.45, 7) is 4.20. The monoisotopic (exact) mass is 259 g/mol. The zero-order chi connectivity index (χ0) is 13.9. The van der Waals surface area contributed by atoms with E-state index in [9.17, 15) is 0 Å². The van der Waals surface area contributed by atoms with Crippen molar-refractivity contribution in [2.24, 2.45) is 0 Å². The van der Waals surface area contributed by atoms with Crippen LogP contribution in [0.1, 0.15) is 11.3 Å². The van der Waals surface area contributed by atoms with Crippen molar-refractivity contribution in [2.75, 3.05) is 0 Å². The summed E-state index contributed by atoms with van der Waals surface area (Å²) in [5.74, 6) is 0. The van der Waals surface area contributed by atoms with Gasteiger partial charge in [0.2, 0.25) is 0 Å². The highest BCUT2D eigenvalue weighted by Gasteiger charge is 2.09. The van der Waals surface area contributed by atoms with Crippen LogP contribution in [0, 0.1) is 13.8 Å². The largest absolute Gasteiger partial charge is 0.252 e. The van der Waals surface area contributed by atoms with Gasteiger partial charge in [0.1, 0.15) is 0 Å². The molecule has 0 radical (unpaired) electrons. The third-order valence-corrected chi connectivity index (χ3v) is 3.54. The Bertz CT molecular complexity index is 650. The molecule has 0 spiro atoms. The summed E-state index contributed by atoms with van der Waals surface area (Å²) >= 11 is 0. The molecule has 2 aromatic carbocycles. The lowest BCUT2D eigenvalue weighted by atomic mass is 9.99. The Morgan fingerprint density at radius 1 is 0.700 bits per heavy atom. The minimum Gasteiger partial charge on any atom is -0.252 e. The van der Waals surface area contributed by atoms with Crippen molar-refractivity contribution >= 4 is 0 Å². The second-order valence-electron chi connectivity index (χ2n) is 5.02. The van der Waals surface area contributed by atoms with E-state index in [1.165, 1.54) is 22.3 Å². The minimum absolute atomic E-state index is 1.07. The number of aromatic nitrogens is 1. The normalized spacial score (nSPS) is 10.5. The van der Waals surface area contributed by atoms with Crippen LogP contribution in [0.4, 0.5) is 0 Å². The Kier molecular flexibility index (Phi) is 3.34. The average molecular weight is 259 g/mol. The molecule has 1 heterocycles. The number of hydrogen-bond acceptors (Lipinski definition) is 1.